The molecule has 144 valence electrons. The number of ether oxygens (including phenoxy) is 1. The molecule has 4 unspecified atom stereocenters. The Kier molecular flexibility index (Phi) is 5.60. The number of nitrogens with zero attached hydrogens (tertiary/aromatic N) is 2. The fourth-order valence-electron chi connectivity index (χ4n) is 5.27. The minimum atomic E-state index is 0. The van der Waals surface area contributed by atoms with E-state index in [1.165, 1.54) is 18.4 Å². The molecular formula is C21H32IN3O. The van der Waals surface area contributed by atoms with E-state index < -0.39 is 0 Å². The number of aliphatic imine (C=N–C) groups is 1. The molecule has 1 aliphatic carbocycles. The summed E-state index contributed by atoms with van der Waals surface area (Å²) in [6.07, 6.45) is 2.75. The third-order valence-corrected chi connectivity index (χ3v) is 6.84. The van der Waals surface area contributed by atoms with Crippen LogP contribution in [0.3, 0.4) is 0 Å². The summed E-state index contributed by atoms with van der Waals surface area (Å²) >= 11 is 0. The van der Waals surface area contributed by atoms with Crippen molar-refractivity contribution < 1.29 is 4.74 Å². The van der Waals surface area contributed by atoms with Gasteiger partial charge in [-0.2, -0.15) is 0 Å². The molecule has 4 rings (SSSR count). The highest BCUT2D eigenvalue weighted by atomic mass is 127. The van der Waals surface area contributed by atoms with Crippen molar-refractivity contribution in [3.05, 3.63) is 35.9 Å². The molecule has 1 aromatic rings. The highest BCUT2D eigenvalue weighted by molar-refractivity contribution is 14.0. The summed E-state index contributed by atoms with van der Waals surface area (Å²) in [4.78, 5) is 7.06. The van der Waals surface area contributed by atoms with E-state index >= 15 is 0 Å². The van der Waals surface area contributed by atoms with Gasteiger partial charge in [0.15, 0.2) is 5.96 Å². The Labute approximate surface area is 174 Å². The summed E-state index contributed by atoms with van der Waals surface area (Å²) in [5.74, 6) is 1.69. The van der Waals surface area contributed by atoms with Crippen LogP contribution in [0, 0.1) is 11.3 Å². The Morgan fingerprint density at radius 2 is 1.96 bits per heavy atom. The SMILES string of the molecule is CN=C(NC1C2CCOC2C1(C)C)N1CCC(C)(c2ccccc2)C1.I. The zero-order valence-electron chi connectivity index (χ0n) is 16.4. The molecule has 0 aromatic heterocycles. The molecule has 3 fully saturated rings. The number of nitrogens with one attached hydrogen (secondary N) is 1. The molecule has 0 radical (unpaired) electrons. The number of halogens is 1. The molecule has 2 heterocycles. The number of likely N-dealkylation sites (tertiary alicyclic amines) is 1. The van der Waals surface area contributed by atoms with Crippen LogP contribution in [0.15, 0.2) is 35.3 Å². The molecule has 0 spiro atoms. The molecule has 0 amide bonds. The minimum absolute atomic E-state index is 0. The van der Waals surface area contributed by atoms with E-state index in [0.717, 1.165) is 25.7 Å². The summed E-state index contributed by atoms with van der Waals surface area (Å²) in [6, 6.07) is 11.4. The first-order valence-corrected chi connectivity index (χ1v) is 9.61. The first kappa shape index (κ1) is 19.9. The zero-order valence-corrected chi connectivity index (χ0v) is 18.7. The molecule has 26 heavy (non-hydrogen) atoms. The van der Waals surface area contributed by atoms with Crippen molar-refractivity contribution in [3.63, 3.8) is 0 Å². The quantitative estimate of drug-likeness (QED) is 0.408. The number of rotatable bonds is 2. The lowest BCUT2D eigenvalue weighted by Gasteiger charge is -2.55. The largest absolute Gasteiger partial charge is 0.377 e. The van der Waals surface area contributed by atoms with Gasteiger partial charge < -0.3 is 15.0 Å². The second kappa shape index (κ2) is 7.30. The maximum Gasteiger partial charge on any atom is 0.193 e. The molecule has 1 aromatic carbocycles. The van der Waals surface area contributed by atoms with E-state index in [1.807, 2.05) is 7.05 Å². The standard InChI is InChI=1S/C21H31N3O.HI/c1-20(2)17(16-10-13-25-18(16)20)23-19(22-4)24-12-11-21(3,14-24)15-8-6-5-7-9-15;/h5-9,16-18H,10-14H2,1-4H3,(H,22,23);1H. The maximum absolute atomic E-state index is 5.94. The highest BCUT2D eigenvalue weighted by Gasteiger charge is 2.59. The third-order valence-electron chi connectivity index (χ3n) is 6.84. The van der Waals surface area contributed by atoms with Crippen molar-refractivity contribution in [2.45, 2.75) is 51.2 Å². The van der Waals surface area contributed by atoms with Gasteiger partial charge in [-0.05, 0) is 18.4 Å². The number of benzene rings is 1. The molecular weight excluding hydrogens is 437 g/mol. The van der Waals surface area contributed by atoms with Crippen molar-refractivity contribution in [2.24, 2.45) is 16.3 Å². The van der Waals surface area contributed by atoms with Crippen LogP contribution >= 0.6 is 24.0 Å². The van der Waals surface area contributed by atoms with Gasteiger partial charge in [0, 0.05) is 49.5 Å². The Hall–Kier alpha value is -0.820. The van der Waals surface area contributed by atoms with E-state index in [1.54, 1.807) is 0 Å². The summed E-state index contributed by atoms with van der Waals surface area (Å²) in [5.41, 5.74) is 1.81. The van der Waals surface area contributed by atoms with E-state index in [4.69, 9.17) is 4.74 Å². The van der Waals surface area contributed by atoms with E-state index in [-0.39, 0.29) is 34.8 Å². The second-order valence-corrected chi connectivity index (χ2v) is 8.83. The van der Waals surface area contributed by atoms with Gasteiger partial charge in [0.1, 0.15) is 0 Å². The van der Waals surface area contributed by atoms with Gasteiger partial charge in [-0.1, -0.05) is 51.1 Å². The smallest absolute Gasteiger partial charge is 0.193 e. The van der Waals surface area contributed by atoms with Crippen molar-refractivity contribution in [3.8, 4) is 0 Å². The maximum atomic E-state index is 5.94. The van der Waals surface area contributed by atoms with E-state index in [0.29, 0.717) is 18.1 Å². The van der Waals surface area contributed by atoms with Gasteiger partial charge in [0.2, 0.25) is 0 Å². The van der Waals surface area contributed by atoms with Crippen LogP contribution in [0.4, 0.5) is 0 Å². The van der Waals surface area contributed by atoms with Crippen LogP contribution in [0.1, 0.15) is 39.2 Å². The normalized spacial score (nSPS) is 35.5. The topological polar surface area (TPSA) is 36.9 Å². The molecule has 4 nitrogen and oxygen atoms in total. The Balaban J connectivity index is 0.00000196. The summed E-state index contributed by atoms with van der Waals surface area (Å²) < 4.78 is 5.94. The molecule has 1 saturated carbocycles. The van der Waals surface area contributed by atoms with Crippen LogP contribution < -0.4 is 5.32 Å². The lowest BCUT2D eigenvalue weighted by Crippen LogP contribution is -2.68. The average Bonchev–Trinajstić information content (AvgIpc) is 3.23. The fourth-order valence-corrected chi connectivity index (χ4v) is 5.27. The van der Waals surface area contributed by atoms with Crippen LogP contribution in [0.5, 0.6) is 0 Å². The van der Waals surface area contributed by atoms with Crippen molar-refractivity contribution in [1.82, 2.24) is 10.2 Å². The Morgan fingerprint density at radius 3 is 2.65 bits per heavy atom. The molecule has 2 aliphatic heterocycles. The number of guanidine groups is 1. The number of hydrogen-bond acceptors (Lipinski definition) is 2. The number of fused-ring (bicyclic) bond motifs is 1. The number of hydrogen-bond donors (Lipinski definition) is 1. The molecule has 0 bridgehead atoms. The van der Waals surface area contributed by atoms with Gasteiger partial charge in [-0.3, -0.25) is 4.99 Å². The van der Waals surface area contributed by atoms with Gasteiger partial charge in [0.25, 0.3) is 0 Å². The monoisotopic (exact) mass is 469 g/mol. The summed E-state index contributed by atoms with van der Waals surface area (Å²) in [6.45, 7) is 10.0. The molecule has 4 atom stereocenters. The molecule has 5 heteroatoms. The van der Waals surface area contributed by atoms with Crippen LogP contribution in [-0.4, -0.2) is 49.7 Å². The van der Waals surface area contributed by atoms with Crippen LogP contribution in [0.25, 0.3) is 0 Å². The van der Waals surface area contributed by atoms with Gasteiger partial charge in [0.05, 0.1) is 6.10 Å². The van der Waals surface area contributed by atoms with Crippen molar-refractivity contribution in [1.29, 1.82) is 0 Å². The van der Waals surface area contributed by atoms with Crippen LogP contribution in [0.2, 0.25) is 0 Å². The lowest BCUT2D eigenvalue weighted by molar-refractivity contribution is -0.107. The molecule has 2 saturated heterocycles. The third kappa shape index (κ3) is 3.15. The lowest BCUT2D eigenvalue weighted by atomic mass is 9.57. The minimum Gasteiger partial charge on any atom is -0.377 e. The average molecular weight is 469 g/mol. The Bertz CT molecular complexity index is 662. The second-order valence-electron chi connectivity index (χ2n) is 8.83. The van der Waals surface area contributed by atoms with Crippen molar-refractivity contribution >= 4 is 29.9 Å². The zero-order chi connectivity index (χ0) is 17.7. The van der Waals surface area contributed by atoms with E-state index in [9.17, 15) is 0 Å². The Morgan fingerprint density at radius 1 is 1.23 bits per heavy atom. The highest BCUT2D eigenvalue weighted by Crippen LogP contribution is 2.52. The molecule has 3 aliphatic rings. The summed E-state index contributed by atoms with van der Waals surface area (Å²) in [5, 5.41) is 3.79. The predicted molar refractivity (Wildman–Crippen MR) is 117 cm³/mol. The first-order chi connectivity index (χ1) is 12.0. The fraction of sp³-hybridized carbons (Fsp3) is 0.667. The van der Waals surface area contributed by atoms with Gasteiger partial charge in [-0.25, -0.2) is 0 Å². The van der Waals surface area contributed by atoms with Gasteiger partial charge in [-0.15, -0.1) is 24.0 Å². The van der Waals surface area contributed by atoms with Gasteiger partial charge >= 0.3 is 0 Å². The first-order valence-electron chi connectivity index (χ1n) is 9.61. The van der Waals surface area contributed by atoms with Crippen LogP contribution in [-0.2, 0) is 10.2 Å². The summed E-state index contributed by atoms with van der Waals surface area (Å²) in [7, 11) is 1.91. The predicted octanol–water partition coefficient (Wildman–Crippen LogP) is 3.66. The van der Waals surface area contributed by atoms with Crippen molar-refractivity contribution in [2.75, 3.05) is 26.7 Å². The molecule has 1 N–H and O–H groups in total. The van der Waals surface area contributed by atoms with E-state index in [2.05, 4.69) is 66.3 Å².